The molecule has 5 heteroatoms. The number of amides is 1. The van der Waals surface area contributed by atoms with Gasteiger partial charge in [-0.05, 0) is 43.5 Å². The Labute approximate surface area is 118 Å². The first-order valence-corrected chi connectivity index (χ1v) is 6.67. The molecule has 1 aromatic rings. The second-order valence-electron chi connectivity index (χ2n) is 4.93. The van der Waals surface area contributed by atoms with E-state index in [2.05, 4.69) is 5.32 Å². The average Bonchev–Trinajstić information content (AvgIpc) is 2.39. The van der Waals surface area contributed by atoms with E-state index >= 15 is 0 Å². The summed E-state index contributed by atoms with van der Waals surface area (Å²) in [5, 5.41) is 11.6. The normalized spacial score (nSPS) is 12.0. The van der Waals surface area contributed by atoms with Crippen molar-refractivity contribution in [3.8, 4) is 0 Å². The molecule has 0 aliphatic heterocycles. The summed E-state index contributed by atoms with van der Waals surface area (Å²) >= 11 is 0. The van der Waals surface area contributed by atoms with E-state index in [4.69, 9.17) is 5.11 Å². The summed E-state index contributed by atoms with van der Waals surface area (Å²) in [4.78, 5) is 23.1. The number of carboxylic acids is 1. The molecular weight excluding hydrogens is 261 g/mol. The maximum Gasteiger partial charge on any atom is 0.326 e. The van der Waals surface area contributed by atoms with Gasteiger partial charge in [0.15, 0.2) is 0 Å². The molecule has 20 heavy (non-hydrogen) atoms. The third-order valence-corrected chi connectivity index (χ3v) is 3.15. The van der Waals surface area contributed by atoms with Crippen molar-refractivity contribution >= 4 is 11.9 Å². The summed E-state index contributed by atoms with van der Waals surface area (Å²) in [6.45, 7) is 5.10. The maximum atomic E-state index is 13.5. The quantitative estimate of drug-likeness (QED) is 0.842. The van der Waals surface area contributed by atoms with Gasteiger partial charge in [-0.25, -0.2) is 9.18 Å². The molecule has 0 aliphatic rings. The van der Waals surface area contributed by atoms with Gasteiger partial charge < -0.3 is 10.4 Å². The Hall–Kier alpha value is -1.91. The molecule has 0 fully saturated rings. The monoisotopic (exact) mass is 281 g/mol. The number of halogens is 1. The van der Waals surface area contributed by atoms with Gasteiger partial charge in [0.2, 0.25) is 0 Å². The van der Waals surface area contributed by atoms with E-state index in [9.17, 15) is 14.0 Å². The zero-order valence-corrected chi connectivity index (χ0v) is 12.0. The third kappa shape index (κ3) is 4.05. The van der Waals surface area contributed by atoms with E-state index in [1.807, 2.05) is 6.92 Å². The summed E-state index contributed by atoms with van der Waals surface area (Å²) in [5.41, 5.74) is 1.02. The van der Waals surface area contributed by atoms with Crippen LogP contribution in [0.5, 0.6) is 0 Å². The second-order valence-corrected chi connectivity index (χ2v) is 4.93. The average molecular weight is 281 g/mol. The highest BCUT2D eigenvalue weighted by molar-refractivity contribution is 5.96. The second kappa shape index (κ2) is 7.03. The molecule has 1 atom stereocenters. The maximum absolute atomic E-state index is 13.5. The summed E-state index contributed by atoms with van der Waals surface area (Å²) < 4.78 is 13.5. The molecule has 0 radical (unpaired) electrons. The van der Waals surface area contributed by atoms with Crippen molar-refractivity contribution in [2.24, 2.45) is 0 Å². The molecule has 0 aromatic heterocycles. The van der Waals surface area contributed by atoms with Crippen molar-refractivity contribution in [1.82, 2.24) is 5.32 Å². The van der Waals surface area contributed by atoms with E-state index < -0.39 is 17.9 Å². The Balaban J connectivity index is 2.86. The first kappa shape index (κ1) is 16.1. The van der Waals surface area contributed by atoms with Gasteiger partial charge in [-0.3, -0.25) is 4.79 Å². The Bertz CT molecular complexity index is 491. The van der Waals surface area contributed by atoms with Crippen molar-refractivity contribution in [2.75, 3.05) is 0 Å². The van der Waals surface area contributed by atoms with E-state index in [1.54, 1.807) is 13.8 Å². The van der Waals surface area contributed by atoms with Crippen LogP contribution in [0, 0.1) is 19.7 Å². The Morgan fingerprint density at radius 3 is 2.30 bits per heavy atom. The van der Waals surface area contributed by atoms with Gasteiger partial charge in [0, 0.05) is 5.56 Å². The van der Waals surface area contributed by atoms with Gasteiger partial charge in [-0.15, -0.1) is 0 Å². The molecule has 1 rings (SSSR count). The van der Waals surface area contributed by atoms with E-state index in [0.717, 1.165) is 12.8 Å². The van der Waals surface area contributed by atoms with Gasteiger partial charge in [0.05, 0.1) is 0 Å². The number of rotatable bonds is 6. The Morgan fingerprint density at radius 2 is 1.85 bits per heavy atom. The zero-order chi connectivity index (χ0) is 15.3. The van der Waals surface area contributed by atoms with Crippen LogP contribution in [0.3, 0.4) is 0 Å². The smallest absolute Gasteiger partial charge is 0.326 e. The Kier molecular flexibility index (Phi) is 5.67. The lowest BCUT2D eigenvalue weighted by Gasteiger charge is -2.15. The number of carboxylic acid groups (broad SMARTS) is 1. The van der Waals surface area contributed by atoms with Gasteiger partial charge >= 0.3 is 5.97 Å². The van der Waals surface area contributed by atoms with Crippen molar-refractivity contribution in [3.05, 3.63) is 34.6 Å². The summed E-state index contributed by atoms with van der Waals surface area (Å²) in [5.74, 6) is -1.88. The minimum Gasteiger partial charge on any atom is -0.480 e. The molecule has 4 nitrogen and oxygen atoms in total. The fourth-order valence-corrected chi connectivity index (χ4v) is 1.98. The molecule has 0 unspecified atom stereocenters. The van der Waals surface area contributed by atoms with Gasteiger partial charge in [0.25, 0.3) is 5.91 Å². The molecule has 0 aliphatic carbocycles. The van der Waals surface area contributed by atoms with Crippen LogP contribution in [0.2, 0.25) is 0 Å². The van der Waals surface area contributed by atoms with E-state index in [0.29, 0.717) is 17.5 Å². The van der Waals surface area contributed by atoms with Crippen LogP contribution >= 0.6 is 0 Å². The predicted molar refractivity (Wildman–Crippen MR) is 74.3 cm³/mol. The van der Waals surface area contributed by atoms with Crippen molar-refractivity contribution in [3.63, 3.8) is 0 Å². The molecule has 0 spiro atoms. The molecule has 1 amide bonds. The number of carbonyl (C=O) groups excluding carboxylic acids is 1. The standard InChI is InChI=1S/C15H20FNO3/c1-4-5-6-12(15(19)20)17-14(18)11-7-9(2)13(16)10(3)8-11/h7-8,12H,4-6H2,1-3H3,(H,17,18)(H,19,20)/t12-/m0/s1. The fourth-order valence-electron chi connectivity index (χ4n) is 1.98. The molecule has 0 bridgehead atoms. The number of nitrogens with one attached hydrogen (secondary N) is 1. The van der Waals surface area contributed by atoms with Gasteiger partial charge in [-0.2, -0.15) is 0 Å². The molecule has 1 aromatic carbocycles. The number of hydrogen-bond donors (Lipinski definition) is 2. The highest BCUT2D eigenvalue weighted by atomic mass is 19.1. The van der Waals surface area contributed by atoms with E-state index in [1.165, 1.54) is 12.1 Å². The van der Waals surface area contributed by atoms with Crippen LogP contribution in [0.15, 0.2) is 12.1 Å². The van der Waals surface area contributed by atoms with Crippen molar-refractivity contribution in [2.45, 2.75) is 46.1 Å². The highest BCUT2D eigenvalue weighted by Gasteiger charge is 2.20. The number of unbranched alkanes of at least 4 members (excludes halogenated alkanes) is 1. The predicted octanol–water partition coefficient (Wildman–Crippen LogP) is 2.82. The lowest BCUT2D eigenvalue weighted by Crippen LogP contribution is -2.40. The van der Waals surface area contributed by atoms with Crippen molar-refractivity contribution < 1.29 is 19.1 Å². The summed E-state index contributed by atoms with van der Waals surface area (Å²) in [6, 6.07) is 1.94. The van der Waals surface area contributed by atoms with Crippen LogP contribution < -0.4 is 5.32 Å². The largest absolute Gasteiger partial charge is 0.480 e. The molecule has 0 saturated carbocycles. The van der Waals surface area contributed by atoms with Gasteiger partial charge in [0.1, 0.15) is 11.9 Å². The van der Waals surface area contributed by atoms with Crippen LogP contribution in [0.4, 0.5) is 4.39 Å². The highest BCUT2D eigenvalue weighted by Crippen LogP contribution is 2.15. The third-order valence-electron chi connectivity index (χ3n) is 3.15. The summed E-state index contributed by atoms with van der Waals surface area (Å²) in [7, 11) is 0. The minimum absolute atomic E-state index is 0.282. The topological polar surface area (TPSA) is 66.4 Å². The fraction of sp³-hybridized carbons (Fsp3) is 0.467. The molecule has 0 saturated heterocycles. The number of aryl methyl sites for hydroxylation is 2. The number of benzene rings is 1. The number of carbonyl (C=O) groups is 2. The van der Waals surface area contributed by atoms with Crippen LogP contribution in [-0.4, -0.2) is 23.0 Å². The Morgan fingerprint density at radius 1 is 1.30 bits per heavy atom. The first-order valence-electron chi connectivity index (χ1n) is 6.67. The van der Waals surface area contributed by atoms with Crippen LogP contribution in [0.1, 0.15) is 47.7 Å². The minimum atomic E-state index is -1.05. The van der Waals surface area contributed by atoms with Gasteiger partial charge in [-0.1, -0.05) is 19.8 Å². The SMILES string of the molecule is CCCC[C@H](NC(=O)c1cc(C)c(F)c(C)c1)C(=O)O. The lowest BCUT2D eigenvalue weighted by molar-refractivity contribution is -0.139. The lowest BCUT2D eigenvalue weighted by atomic mass is 10.0. The molecule has 2 N–H and O–H groups in total. The first-order chi connectivity index (χ1) is 9.36. The van der Waals surface area contributed by atoms with Crippen LogP contribution in [-0.2, 0) is 4.79 Å². The van der Waals surface area contributed by atoms with Crippen LogP contribution in [0.25, 0.3) is 0 Å². The number of hydrogen-bond acceptors (Lipinski definition) is 2. The molecular formula is C15H20FNO3. The molecule has 0 heterocycles. The van der Waals surface area contributed by atoms with Crippen molar-refractivity contribution in [1.29, 1.82) is 0 Å². The zero-order valence-electron chi connectivity index (χ0n) is 12.0. The summed E-state index contributed by atoms with van der Waals surface area (Å²) in [6.07, 6.45) is 1.96. The number of aliphatic carboxylic acids is 1. The van der Waals surface area contributed by atoms with E-state index in [-0.39, 0.29) is 11.4 Å². The molecule has 110 valence electrons.